The lowest BCUT2D eigenvalue weighted by molar-refractivity contribution is 0.128. The smallest absolute Gasteiger partial charge is 0.261 e. The van der Waals surface area contributed by atoms with Gasteiger partial charge in [0.2, 0.25) is 0 Å². The standard InChI is InChI=1S/C10H12N4O2S/c1-2-15-6-8-13-7(11)5-9(14-8)17-10-12-3-4-16-10/h3-5H,2,6H2,1H3,(H2,11,13,14). The maximum atomic E-state index is 5.69. The first-order valence-corrected chi connectivity index (χ1v) is 5.88. The molecule has 0 aliphatic rings. The Morgan fingerprint density at radius 2 is 2.35 bits per heavy atom. The van der Waals surface area contributed by atoms with E-state index in [0.717, 1.165) is 0 Å². The maximum Gasteiger partial charge on any atom is 0.261 e. The van der Waals surface area contributed by atoms with Gasteiger partial charge in [0.15, 0.2) is 5.82 Å². The maximum absolute atomic E-state index is 5.69. The van der Waals surface area contributed by atoms with E-state index in [1.807, 2.05) is 6.92 Å². The molecular weight excluding hydrogens is 240 g/mol. The molecule has 0 radical (unpaired) electrons. The highest BCUT2D eigenvalue weighted by atomic mass is 32.2. The Morgan fingerprint density at radius 1 is 1.47 bits per heavy atom. The van der Waals surface area contributed by atoms with Crippen molar-refractivity contribution in [2.24, 2.45) is 0 Å². The Hall–Kier alpha value is -1.60. The Kier molecular flexibility index (Phi) is 3.94. The zero-order chi connectivity index (χ0) is 12.1. The van der Waals surface area contributed by atoms with Gasteiger partial charge in [-0.05, 0) is 18.7 Å². The topological polar surface area (TPSA) is 87.1 Å². The van der Waals surface area contributed by atoms with Crippen molar-refractivity contribution in [2.75, 3.05) is 12.3 Å². The summed E-state index contributed by atoms with van der Waals surface area (Å²) < 4.78 is 10.4. The van der Waals surface area contributed by atoms with Crippen LogP contribution in [0.4, 0.5) is 5.82 Å². The minimum atomic E-state index is 0.348. The summed E-state index contributed by atoms with van der Waals surface area (Å²) in [7, 11) is 0. The zero-order valence-electron chi connectivity index (χ0n) is 9.29. The molecule has 0 aromatic carbocycles. The van der Waals surface area contributed by atoms with Gasteiger partial charge in [0.25, 0.3) is 5.22 Å². The fourth-order valence-corrected chi connectivity index (χ4v) is 1.88. The largest absolute Gasteiger partial charge is 0.440 e. The second kappa shape index (κ2) is 5.65. The van der Waals surface area contributed by atoms with Crippen LogP contribution in [0, 0.1) is 0 Å². The second-order valence-electron chi connectivity index (χ2n) is 3.08. The first-order valence-electron chi connectivity index (χ1n) is 5.06. The highest BCUT2D eigenvalue weighted by Crippen LogP contribution is 2.25. The van der Waals surface area contributed by atoms with Crippen LogP contribution >= 0.6 is 11.8 Å². The highest BCUT2D eigenvalue weighted by molar-refractivity contribution is 7.99. The van der Waals surface area contributed by atoms with Gasteiger partial charge in [-0.25, -0.2) is 15.0 Å². The van der Waals surface area contributed by atoms with Gasteiger partial charge in [0.1, 0.15) is 23.7 Å². The molecule has 0 aliphatic heterocycles. The molecule has 0 bridgehead atoms. The molecule has 0 saturated carbocycles. The monoisotopic (exact) mass is 252 g/mol. The lowest BCUT2D eigenvalue weighted by Crippen LogP contribution is -2.03. The summed E-state index contributed by atoms with van der Waals surface area (Å²) in [6.45, 7) is 2.87. The van der Waals surface area contributed by atoms with Crippen molar-refractivity contribution in [3.63, 3.8) is 0 Å². The highest BCUT2D eigenvalue weighted by Gasteiger charge is 2.07. The van der Waals surface area contributed by atoms with E-state index in [0.29, 0.717) is 35.1 Å². The fourth-order valence-electron chi connectivity index (χ4n) is 1.15. The Bertz CT molecular complexity index is 475. The normalized spacial score (nSPS) is 10.6. The van der Waals surface area contributed by atoms with E-state index >= 15 is 0 Å². The van der Waals surface area contributed by atoms with Crippen molar-refractivity contribution in [1.82, 2.24) is 15.0 Å². The molecule has 0 amide bonds. The number of ether oxygens (including phenoxy) is 1. The zero-order valence-corrected chi connectivity index (χ0v) is 10.1. The molecule has 90 valence electrons. The van der Waals surface area contributed by atoms with Gasteiger partial charge in [0.05, 0.1) is 6.20 Å². The predicted molar refractivity (Wildman–Crippen MR) is 62.4 cm³/mol. The molecule has 2 N–H and O–H groups in total. The van der Waals surface area contributed by atoms with Crippen LogP contribution in [0.3, 0.4) is 0 Å². The van der Waals surface area contributed by atoms with Crippen LogP contribution in [-0.4, -0.2) is 21.6 Å². The molecule has 0 spiro atoms. The van der Waals surface area contributed by atoms with Crippen molar-refractivity contribution >= 4 is 17.6 Å². The number of hydrogen-bond acceptors (Lipinski definition) is 7. The van der Waals surface area contributed by atoms with Gasteiger partial charge in [-0.1, -0.05) is 0 Å². The molecule has 0 unspecified atom stereocenters. The Labute approximate surface area is 103 Å². The van der Waals surface area contributed by atoms with Gasteiger partial charge in [-0.2, -0.15) is 0 Å². The lowest BCUT2D eigenvalue weighted by atomic mass is 10.5. The van der Waals surface area contributed by atoms with E-state index in [1.165, 1.54) is 18.0 Å². The molecular formula is C10H12N4O2S. The van der Waals surface area contributed by atoms with E-state index in [1.54, 1.807) is 12.3 Å². The number of hydrogen-bond donors (Lipinski definition) is 1. The molecule has 2 rings (SSSR count). The third-order valence-corrected chi connectivity index (χ3v) is 2.60. The van der Waals surface area contributed by atoms with Crippen LogP contribution in [0.5, 0.6) is 0 Å². The van der Waals surface area contributed by atoms with E-state index < -0.39 is 0 Å². The minimum absolute atomic E-state index is 0.348. The lowest BCUT2D eigenvalue weighted by Gasteiger charge is -2.03. The van der Waals surface area contributed by atoms with Crippen molar-refractivity contribution in [1.29, 1.82) is 0 Å². The SMILES string of the molecule is CCOCc1nc(N)cc(Sc2ncco2)n1. The van der Waals surface area contributed by atoms with Crippen molar-refractivity contribution in [2.45, 2.75) is 23.8 Å². The Morgan fingerprint density at radius 3 is 3.06 bits per heavy atom. The van der Waals surface area contributed by atoms with Gasteiger partial charge in [-0.3, -0.25) is 0 Å². The van der Waals surface area contributed by atoms with Crippen LogP contribution in [-0.2, 0) is 11.3 Å². The minimum Gasteiger partial charge on any atom is -0.440 e. The van der Waals surface area contributed by atoms with Gasteiger partial charge < -0.3 is 14.9 Å². The summed E-state index contributed by atoms with van der Waals surface area (Å²) in [4.78, 5) is 12.4. The van der Waals surface area contributed by atoms with Crippen LogP contribution in [0.25, 0.3) is 0 Å². The number of oxazole rings is 1. The van der Waals surface area contributed by atoms with Crippen molar-refractivity contribution in [3.8, 4) is 0 Å². The van der Waals surface area contributed by atoms with Gasteiger partial charge in [0, 0.05) is 12.7 Å². The summed E-state index contributed by atoms with van der Waals surface area (Å²) in [5.74, 6) is 0.963. The van der Waals surface area contributed by atoms with Crippen LogP contribution < -0.4 is 5.73 Å². The number of aromatic nitrogens is 3. The molecule has 0 saturated heterocycles. The van der Waals surface area contributed by atoms with Crippen molar-refractivity contribution in [3.05, 3.63) is 24.4 Å². The molecule has 0 aliphatic carbocycles. The molecule has 2 heterocycles. The van der Waals surface area contributed by atoms with E-state index in [4.69, 9.17) is 14.9 Å². The van der Waals surface area contributed by atoms with Crippen LogP contribution in [0.2, 0.25) is 0 Å². The average molecular weight is 252 g/mol. The summed E-state index contributed by atoms with van der Waals surface area (Å²) >= 11 is 1.29. The van der Waals surface area contributed by atoms with E-state index in [2.05, 4.69) is 15.0 Å². The third-order valence-electron chi connectivity index (χ3n) is 1.81. The molecule has 0 fully saturated rings. The number of nitrogens with zero attached hydrogens (tertiary/aromatic N) is 3. The first kappa shape index (κ1) is 11.9. The summed E-state index contributed by atoms with van der Waals surface area (Å²) in [5, 5.41) is 1.21. The molecule has 2 aromatic heterocycles. The first-order chi connectivity index (χ1) is 8.28. The number of nitrogen functional groups attached to an aromatic ring is 1. The molecule has 2 aromatic rings. The fraction of sp³-hybridized carbons (Fsp3) is 0.300. The van der Waals surface area contributed by atoms with Crippen LogP contribution in [0.15, 0.2) is 33.2 Å². The van der Waals surface area contributed by atoms with E-state index in [9.17, 15) is 0 Å². The predicted octanol–water partition coefficient (Wildman–Crippen LogP) is 1.73. The molecule has 6 nitrogen and oxygen atoms in total. The molecule has 17 heavy (non-hydrogen) atoms. The molecule has 0 atom stereocenters. The quantitative estimate of drug-likeness (QED) is 0.811. The number of rotatable bonds is 5. The van der Waals surface area contributed by atoms with Crippen LogP contribution in [0.1, 0.15) is 12.7 Å². The van der Waals surface area contributed by atoms with Crippen molar-refractivity contribution < 1.29 is 9.15 Å². The molecule has 7 heteroatoms. The van der Waals surface area contributed by atoms with Gasteiger partial charge in [-0.15, -0.1) is 0 Å². The third kappa shape index (κ3) is 3.43. The number of anilines is 1. The van der Waals surface area contributed by atoms with E-state index in [-0.39, 0.29) is 0 Å². The summed E-state index contributed by atoms with van der Waals surface area (Å²) in [6.07, 6.45) is 3.09. The summed E-state index contributed by atoms with van der Waals surface area (Å²) in [6, 6.07) is 1.67. The number of nitrogens with two attached hydrogens (primary N) is 1. The summed E-state index contributed by atoms with van der Waals surface area (Å²) in [5.41, 5.74) is 5.69. The second-order valence-corrected chi connectivity index (χ2v) is 4.06. The average Bonchev–Trinajstić information content (AvgIpc) is 2.78. The Balaban J connectivity index is 2.13. The van der Waals surface area contributed by atoms with Gasteiger partial charge >= 0.3 is 0 Å².